The predicted octanol–water partition coefficient (Wildman–Crippen LogP) is 1.41. The lowest BCUT2D eigenvalue weighted by atomic mass is 10.0. The Morgan fingerprint density at radius 2 is 2.04 bits per heavy atom. The molecular weight excluding hydrogens is 342 g/mol. The summed E-state index contributed by atoms with van der Waals surface area (Å²) in [4.78, 5) is 27.0. The molecule has 0 aliphatic carbocycles. The average Bonchev–Trinajstić information content (AvgIpc) is 2.58. The monoisotopic (exact) mass is 367 g/mol. The van der Waals surface area contributed by atoms with Gasteiger partial charge in [-0.1, -0.05) is 17.7 Å². The Kier molecular flexibility index (Phi) is 6.81. The molecule has 0 spiro atoms. The second-order valence-corrected chi connectivity index (χ2v) is 6.54. The van der Waals surface area contributed by atoms with Crippen molar-refractivity contribution in [3.63, 3.8) is 0 Å². The predicted molar refractivity (Wildman–Crippen MR) is 99.1 cm³/mol. The first-order valence-electron chi connectivity index (χ1n) is 8.59. The van der Waals surface area contributed by atoms with E-state index in [0.717, 1.165) is 17.7 Å². The fraction of sp³-hybridized carbons (Fsp3) is 0.556. The number of benzene rings is 1. The SMILES string of the molecule is Cc1ccc(N2CCCC(NC(=O)[C@H]3NCCO[C@@H]3C)C2=O)cc1.Cl. The Labute approximate surface area is 154 Å². The van der Waals surface area contributed by atoms with Gasteiger partial charge >= 0.3 is 0 Å². The van der Waals surface area contributed by atoms with E-state index < -0.39 is 12.1 Å². The van der Waals surface area contributed by atoms with Crippen molar-refractivity contribution in [1.82, 2.24) is 10.6 Å². The van der Waals surface area contributed by atoms with E-state index in [9.17, 15) is 9.59 Å². The number of nitrogens with zero attached hydrogens (tertiary/aromatic N) is 1. The third-order valence-corrected chi connectivity index (χ3v) is 4.70. The highest BCUT2D eigenvalue weighted by Crippen LogP contribution is 2.21. The largest absolute Gasteiger partial charge is 0.375 e. The summed E-state index contributed by atoms with van der Waals surface area (Å²) in [7, 11) is 0. The molecule has 3 rings (SSSR count). The molecule has 1 aromatic carbocycles. The molecule has 138 valence electrons. The topological polar surface area (TPSA) is 70.7 Å². The van der Waals surface area contributed by atoms with Crippen molar-refractivity contribution >= 4 is 29.9 Å². The molecule has 7 heteroatoms. The molecule has 2 heterocycles. The highest BCUT2D eigenvalue weighted by Gasteiger charge is 2.34. The van der Waals surface area contributed by atoms with Gasteiger partial charge in [0.05, 0.1) is 12.7 Å². The van der Waals surface area contributed by atoms with Gasteiger partial charge in [0.1, 0.15) is 12.1 Å². The number of morpholine rings is 1. The van der Waals surface area contributed by atoms with E-state index in [2.05, 4.69) is 10.6 Å². The van der Waals surface area contributed by atoms with Gasteiger partial charge in [-0.2, -0.15) is 0 Å². The molecule has 2 aliphatic heterocycles. The van der Waals surface area contributed by atoms with Crippen LogP contribution in [0.15, 0.2) is 24.3 Å². The van der Waals surface area contributed by atoms with Crippen molar-refractivity contribution < 1.29 is 14.3 Å². The van der Waals surface area contributed by atoms with Gasteiger partial charge in [0.25, 0.3) is 0 Å². The lowest BCUT2D eigenvalue weighted by molar-refractivity contribution is -0.133. The van der Waals surface area contributed by atoms with Crippen LogP contribution in [-0.4, -0.2) is 49.7 Å². The Bertz CT molecular complexity index is 608. The van der Waals surface area contributed by atoms with Crippen molar-refractivity contribution in [2.45, 2.75) is 44.9 Å². The standard InChI is InChI=1S/C18H25N3O3.ClH/c1-12-5-7-14(8-6-12)21-10-3-4-15(18(21)23)20-17(22)16-13(2)24-11-9-19-16;/h5-8,13,15-16,19H,3-4,9-11H2,1-2H3,(H,20,22);1H/t13-,15?,16+;/m1./s1. The smallest absolute Gasteiger partial charge is 0.249 e. The number of hydrogen-bond acceptors (Lipinski definition) is 4. The van der Waals surface area contributed by atoms with Gasteiger partial charge in [0.2, 0.25) is 11.8 Å². The van der Waals surface area contributed by atoms with Gasteiger partial charge in [-0.25, -0.2) is 0 Å². The molecule has 0 aromatic heterocycles. The highest BCUT2D eigenvalue weighted by atomic mass is 35.5. The van der Waals surface area contributed by atoms with E-state index in [1.165, 1.54) is 0 Å². The van der Waals surface area contributed by atoms with Gasteiger partial charge in [-0.3, -0.25) is 9.59 Å². The molecule has 1 unspecified atom stereocenters. The third kappa shape index (κ3) is 4.51. The molecule has 2 saturated heterocycles. The van der Waals surface area contributed by atoms with Crippen molar-refractivity contribution in [3.05, 3.63) is 29.8 Å². The molecule has 1 aromatic rings. The molecule has 2 amide bonds. The van der Waals surface area contributed by atoms with Gasteiger partial charge < -0.3 is 20.3 Å². The van der Waals surface area contributed by atoms with Crippen molar-refractivity contribution in [3.8, 4) is 0 Å². The van der Waals surface area contributed by atoms with Crippen LogP contribution in [0, 0.1) is 6.92 Å². The number of rotatable bonds is 3. The van der Waals surface area contributed by atoms with Crippen LogP contribution in [0.4, 0.5) is 5.69 Å². The fourth-order valence-electron chi connectivity index (χ4n) is 3.28. The lowest BCUT2D eigenvalue weighted by Gasteiger charge is -2.35. The summed E-state index contributed by atoms with van der Waals surface area (Å²) in [6.07, 6.45) is 1.36. The van der Waals surface area contributed by atoms with Gasteiger partial charge in [-0.15, -0.1) is 12.4 Å². The van der Waals surface area contributed by atoms with Gasteiger partial charge in [0.15, 0.2) is 0 Å². The molecule has 0 bridgehead atoms. The number of halogens is 1. The zero-order chi connectivity index (χ0) is 17.1. The number of ether oxygens (including phenoxy) is 1. The summed E-state index contributed by atoms with van der Waals surface area (Å²) in [5.74, 6) is -0.200. The number of nitrogens with one attached hydrogen (secondary N) is 2. The van der Waals surface area contributed by atoms with E-state index in [0.29, 0.717) is 26.1 Å². The first-order chi connectivity index (χ1) is 11.6. The maximum absolute atomic E-state index is 12.8. The Hall–Kier alpha value is -1.63. The van der Waals surface area contributed by atoms with Crippen molar-refractivity contribution in [1.29, 1.82) is 0 Å². The molecular formula is C18H26ClN3O3. The van der Waals surface area contributed by atoms with Crippen molar-refractivity contribution in [2.24, 2.45) is 0 Å². The number of aryl methyl sites for hydroxylation is 1. The summed E-state index contributed by atoms with van der Waals surface area (Å²) in [5, 5.41) is 6.07. The van der Waals surface area contributed by atoms with Crippen LogP contribution in [0.5, 0.6) is 0 Å². The van der Waals surface area contributed by atoms with Crippen LogP contribution < -0.4 is 15.5 Å². The van der Waals surface area contributed by atoms with Crippen LogP contribution in [0.2, 0.25) is 0 Å². The Balaban J connectivity index is 0.00000225. The van der Waals surface area contributed by atoms with Gasteiger partial charge in [0, 0.05) is 18.8 Å². The summed E-state index contributed by atoms with van der Waals surface area (Å²) in [5.41, 5.74) is 2.04. The van der Waals surface area contributed by atoms with Crippen LogP contribution in [0.3, 0.4) is 0 Å². The summed E-state index contributed by atoms with van der Waals surface area (Å²) in [6.45, 7) is 5.84. The number of hydrogen-bond donors (Lipinski definition) is 2. The number of piperidine rings is 1. The summed E-state index contributed by atoms with van der Waals surface area (Å²) in [6, 6.07) is 7.03. The highest BCUT2D eigenvalue weighted by molar-refractivity contribution is 6.00. The molecule has 2 aliphatic rings. The Morgan fingerprint density at radius 3 is 2.72 bits per heavy atom. The molecule has 25 heavy (non-hydrogen) atoms. The minimum Gasteiger partial charge on any atom is -0.375 e. The second kappa shape index (κ2) is 8.65. The van der Waals surface area contributed by atoms with E-state index in [1.807, 2.05) is 38.1 Å². The van der Waals surface area contributed by atoms with E-state index in [-0.39, 0.29) is 30.3 Å². The zero-order valence-corrected chi connectivity index (χ0v) is 15.5. The third-order valence-electron chi connectivity index (χ3n) is 4.70. The van der Waals surface area contributed by atoms with Crippen LogP contribution in [-0.2, 0) is 14.3 Å². The minimum absolute atomic E-state index is 0. The van der Waals surface area contributed by atoms with Crippen LogP contribution >= 0.6 is 12.4 Å². The van der Waals surface area contributed by atoms with Crippen molar-refractivity contribution in [2.75, 3.05) is 24.6 Å². The minimum atomic E-state index is -0.469. The molecule has 3 atom stereocenters. The summed E-state index contributed by atoms with van der Waals surface area (Å²) >= 11 is 0. The molecule has 0 saturated carbocycles. The lowest BCUT2D eigenvalue weighted by Crippen LogP contribution is -2.60. The zero-order valence-electron chi connectivity index (χ0n) is 14.7. The number of carbonyl (C=O) groups excluding carboxylic acids is 2. The quantitative estimate of drug-likeness (QED) is 0.847. The molecule has 0 radical (unpaired) electrons. The summed E-state index contributed by atoms with van der Waals surface area (Å²) < 4.78 is 5.51. The fourth-order valence-corrected chi connectivity index (χ4v) is 3.28. The maximum Gasteiger partial charge on any atom is 0.249 e. The first-order valence-corrected chi connectivity index (χ1v) is 8.59. The van der Waals surface area contributed by atoms with Crippen LogP contribution in [0.25, 0.3) is 0 Å². The number of carbonyl (C=O) groups is 2. The second-order valence-electron chi connectivity index (χ2n) is 6.54. The average molecular weight is 368 g/mol. The van der Waals surface area contributed by atoms with Gasteiger partial charge in [-0.05, 0) is 38.8 Å². The van der Waals surface area contributed by atoms with Crippen LogP contribution in [0.1, 0.15) is 25.3 Å². The number of amides is 2. The van der Waals surface area contributed by atoms with E-state index in [1.54, 1.807) is 4.90 Å². The maximum atomic E-state index is 12.8. The number of anilines is 1. The molecule has 6 nitrogen and oxygen atoms in total. The normalized spacial score (nSPS) is 26.7. The van der Waals surface area contributed by atoms with E-state index in [4.69, 9.17) is 4.74 Å². The first kappa shape index (κ1) is 19.7. The van der Waals surface area contributed by atoms with E-state index >= 15 is 0 Å². The molecule has 2 N–H and O–H groups in total. The molecule has 2 fully saturated rings. The Morgan fingerprint density at radius 1 is 1.32 bits per heavy atom.